The summed E-state index contributed by atoms with van der Waals surface area (Å²) in [7, 11) is -3.67. The molecule has 5 nitrogen and oxygen atoms in total. The van der Waals surface area contributed by atoms with Crippen molar-refractivity contribution in [3.8, 4) is 0 Å². The van der Waals surface area contributed by atoms with E-state index in [1.165, 1.54) is 22.0 Å². The van der Waals surface area contributed by atoms with E-state index in [0.29, 0.717) is 6.26 Å². The molecule has 0 bridgehead atoms. The maximum absolute atomic E-state index is 9.19. The van der Waals surface area contributed by atoms with Crippen LogP contribution in [0.15, 0.2) is 72.9 Å². The van der Waals surface area contributed by atoms with Crippen LogP contribution in [-0.2, 0) is 10.1 Å². The van der Waals surface area contributed by atoms with Crippen molar-refractivity contribution >= 4 is 31.9 Å². The van der Waals surface area contributed by atoms with Gasteiger partial charge >= 0.3 is 0 Å². The summed E-state index contributed by atoms with van der Waals surface area (Å²) >= 11 is 0. The van der Waals surface area contributed by atoms with Crippen molar-refractivity contribution in [1.29, 1.82) is 0 Å². The summed E-state index contributed by atoms with van der Waals surface area (Å²) in [5.74, 6) is 0. The molecular weight excluding hydrogens is 336 g/mol. The second kappa shape index (κ2) is 8.41. The summed E-state index contributed by atoms with van der Waals surface area (Å²) in [5.41, 5.74) is 3.51. The molecule has 0 aliphatic rings. The Morgan fingerprint density at radius 1 is 0.920 bits per heavy atom. The summed E-state index contributed by atoms with van der Waals surface area (Å²) in [6.07, 6.45) is 2.52. The number of pyridine rings is 1. The quantitative estimate of drug-likeness (QED) is 0.462. The summed E-state index contributed by atoms with van der Waals surface area (Å²) in [4.78, 5) is 7.44. The maximum atomic E-state index is 9.19. The fraction of sp³-hybridized carbons (Fsp3) is 0.105. The highest BCUT2D eigenvalue weighted by Gasteiger charge is 1.92. The van der Waals surface area contributed by atoms with Gasteiger partial charge in [0.25, 0.3) is 10.1 Å². The Kier molecular flexibility index (Phi) is 6.27. The van der Waals surface area contributed by atoms with Gasteiger partial charge in [0.2, 0.25) is 0 Å². The number of fused-ring (bicyclic) bond motifs is 2. The number of benzene rings is 2. The second-order valence-corrected chi connectivity index (χ2v) is 6.93. The Bertz CT molecular complexity index is 950. The zero-order valence-corrected chi connectivity index (χ0v) is 14.9. The Morgan fingerprint density at radius 3 is 2.12 bits per heavy atom. The molecule has 0 radical (unpaired) electrons. The minimum absolute atomic E-state index is 0.715. The molecule has 6 heteroatoms. The van der Waals surface area contributed by atoms with E-state index in [0.717, 1.165) is 5.52 Å². The van der Waals surface area contributed by atoms with Crippen LogP contribution in [0.2, 0.25) is 0 Å². The van der Waals surface area contributed by atoms with E-state index >= 15 is 0 Å². The van der Waals surface area contributed by atoms with Crippen LogP contribution in [0.25, 0.3) is 21.8 Å². The van der Waals surface area contributed by atoms with Crippen molar-refractivity contribution in [2.75, 3.05) is 6.26 Å². The number of hydrogen-bond acceptors (Lipinski definition) is 3. The van der Waals surface area contributed by atoms with Crippen molar-refractivity contribution in [1.82, 2.24) is 9.97 Å². The normalized spacial score (nSPS) is 10.5. The van der Waals surface area contributed by atoms with E-state index in [9.17, 15) is 8.42 Å². The summed E-state index contributed by atoms with van der Waals surface area (Å²) in [6.45, 7) is 2.07. The molecule has 2 aromatic carbocycles. The van der Waals surface area contributed by atoms with Crippen molar-refractivity contribution < 1.29 is 13.0 Å². The first-order valence-electron chi connectivity index (χ1n) is 7.59. The van der Waals surface area contributed by atoms with Crippen LogP contribution < -0.4 is 0 Å². The van der Waals surface area contributed by atoms with Crippen LogP contribution in [0.4, 0.5) is 0 Å². The SMILES string of the molecule is CS(=O)(=O)O.Cc1cc2ccccc2[nH]1.c1ccc2ncccc2c1. The van der Waals surface area contributed by atoms with Gasteiger partial charge in [0.05, 0.1) is 11.8 Å². The number of nitrogens with zero attached hydrogens (tertiary/aromatic N) is 1. The third kappa shape index (κ3) is 6.74. The van der Waals surface area contributed by atoms with Gasteiger partial charge in [-0.05, 0) is 36.6 Å². The standard InChI is InChI=1S/C9H9N.C9H7N.CH4O3S/c1-7-6-8-4-2-3-5-9(8)10-7;1-2-6-9-8(4-1)5-3-7-10-9;1-5(2,3)4/h2-6,10H,1H3;1-7H;1H3,(H,2,3,4). The average Bonchev–Trinajstić information content (AvgIpc) is 2.94. The number of hydrogen-bond donors (Lipinski definition) is 2. The van der Waals surface area contributed by atoms with Crippen LogP contribution in [0.1, 0.15) is 5.69 Å². The highest BCUT2D eigenvalue weighted by Crippen LogP contribution is 2.13. The Morgan fingerprint density at radius 2 is 1.48 bits per heavy atom. The average molecular weight is 356 g/mol. The largest absolute Gasteiger partial charge is 0.359 e. The van der Waals surface area contributed by atoms with Crippen LogP contribution in [0.5, 0.6) is 0 Å². The molecule has 0 amide bonds. The molecule has 130 valence electrons. The molecule has 2 heterocycles. The lowest BCUT2D eigenvalue weighted by Crippen LogP contribution is -1.88. The molecule has 0 unspecified atom stereocenters. The van der Waals surface area contributed by atoms with Gasteiger partial charge in [-0.25, -0.2) is 0 Å². The Hall–Kier alpha value is -2.70. The van der Waals surface area contributed by atoms with Crippen molar-refractivity contribution in [2.45, 2.75) is 6.92 Å². The molecule has 0 fully saturated rings. The molecule has 25 heavy (non-hydrogen) atoms. The van der Waals surface area contributed by atoms with Crippen LogP contribution in [0.3, 0.4) is 0 Å². The van der Waals surface area contributed by atoms with Gasteiger partial charge < -0.3 is 4.98 Å². The smallest absolute Gasteiger partial charge is 0.261 e. The third-order valence-electron chi connectivity index (χ3n) is 3.18. The van der Waals surface area contributed by atoms with Gasteiger partial charge in [-0.3, -0.25) is 9.54 Å². The zero-order valence-electron chi connectivity index (χ0n) is 14.0. The minimum Gasteiger partial charge on any atom is -0.359 e. The lowest BCUT2D eigenvalue weighted by molar-refractivity contribution is 0.490. The van der Waals surface area contributed by atoms with Gasteiger partial charge in [-0.2, -0.15) is 8.42 Å². The van der Waals surface area contributed by atoms with Gasteiger partial charge in [0.15, 0.2) is 0 Å². The molecule has 0 saturated carbocycles. The van der Waals surface area contributed by atoms with Gasteiger partial charge in [0, 0.05) is 22.8 Å². The number of nitrogens with one attached hydrogen (secondary N) is 1. The molecule has 4 rings (SSSR count). The number of aromatic amines is 1. The highest BCUT2D eigenvalue weighted by atomic mass is 32.2. The molecule has 0 aliphatic heterocycles. The fourth-order valence-corrected chi connectivity index (χ4v) is 2.23. The van der Waals surface area contributed by atoms with Gasteiger partial charge in [0.1, 0.15) is 0 Å². The lowest BCUT2D eigenvalue weighted by Gasteiger charge is -1.91. The summed E-state index contributed by atoms with van der Waals surface area (Å²) < 4.78 is 25.9. The number of aromatic nitrogens is 2. The minimum atomic E-state index is -3.67. The Labute approximate surface area is 147 Å². The van der Waals surface area contributed by atoms with Gasteiger partial charge in [-0.15, -0.1) is 0 Å². The van der Waals surface area contributed by atoms with E-state index in [1.807, 2.05) is 36.5 Å². The molecule has 0 atom stereocenters. The molecule has 2 aromatic heterocycles. The zero-order chi connectivity index (χ0) is 18.3. The molecule has 2 N–H and O–H groups in total. The number of H-pyrrole nitrogens is 1. The summed E-state index contributed by atoms with van der Waals surface area (Å²) in [5, 5.41) is 2.49. The number of aryl methyl sites for hydroxylation is 1. The number of rotatable bonds is 0. The predicted molar refractivity (Wildman–Crippen MR) is 102 cm³/mol. The van der Waals surface area contributed by atoms with Crippen molar-refractivity contribution in [2.24, 2.45) is 0 Å². The second-order valence-electron chi connectivity index (χ2n) is 5.47. The highest BCUT2D eigenvalue weighted by molar-refractivity contribution is 7.85. The third-order valence-corrected chi connectivity index (χ3v) is 3.18. The fourth-order valence-electron chi connectivity index (χ4n) is 2.23. The first-order valence-corrected chi connectivity index (χ1v) is 9.44. The Balaban J connectivity index is 0.000000144. The monoisotopic (exact) mass is 356 g/mol. The van der Waals surface area contributed by atoms with E-state index in [2.05, 4.69) is 53.3 Å². The van der Waals surface area contributed by atoms with Gasteiger partial charge in [-0.1, -0.05) is 42.5 Å². The molecule has 0 saturated heterocycles. The topological polar surface area (TPSA) is 83.0 Å². The van der Waals surface area contributed by atoms with Crippen molar-refractivity contribution in [3.05, 3.63) is 78.6 Å². The summed E-state index contributed by atoms with van der Waals surface area (Å²) in [6, 6.07) is 22.5. The van der Waals surface area contributed by atoms with E-state index in [4.69, 9.17) is 4.55 Å². The molecule has 0 aliphatic carbocycles. The van der Waals surface area contributed by atoms with E-state index in [1.54, 1.807) is 0 Å². The lowest BCUT2D eigenvalue weighted by atomic mass is 10.2. The van der Waals surface area contributed by atoms with E-state index < -0.39 is 10.1 Å². The molecule has 0 spiro atoms. The van der Waals surface area contributed by atoms with Crippen molar-refractivity contribution in [3.63, 3.8) is 0 Å². The maximum Gasteiger partial charge on any atom is 0.261 e. The van der Waals surface area contributed by atoms with E-state index in [-0.39, 0.29) is 0 Å². The van der Waals surface area contributed by atoms with Crippen LogP contribution >= 0.6 is 0 Å². The first-order chi connectivity index (χ1) is 11.8. The molecule has 4 aromatic rings. The van der Waals surface area contributed by atoms with Crippen LogP contribution in [-0.4, -0.2) is 29.2 Å². The first kappa shape index (κ1) is 18.6. The molecular formula is C19H20N2O3S. The number of para-hydroxylation sites is 2. The predicted octanol–water partition coefficient (Wildman–Crippen LogP) is 4.22. The van der Waals surface area contributed by atoms with Crippen LogP contribution in [0, 0.1) is 6.92 Å².